The van der Waals surface area contributed by atoms with Crippen molar-refractivity contribution in [3.8, 4) is 0 Å². The Morgan fingerprint density at radius 2 is 1.96 bits per heavy atom. The van der Waals surface area contributed by atoms with Crippen LogP contribution in [0.4, 0.5) is 0 Å². The number of esters is 1. The van der Waals surface area contributed by atoms with Gasteiger partial charge in [-0.3, -0.25) is 9.59 Å². The number of carbonyl (C=O) groups excluding carboxylic acids is 2. The van der Waals surface area contributed by atoms with Gasteiger partial charge < -0.3 is 4.74 Å². The van der Waals surface area contributed by atoms with Crippen LogP contribution >= 0.6 is 23.2 Å². The van der Waals surface area contributed by atoms with Gasteiger partial charge in [0.2, 0.25) is 0 Å². The number of benzene rings is 1. The van der Waals surface area contributed by atoms with Gasteiger partial charge in [-0.2, -0.15) is 0 Å². The third-order valence-electron chi connectivity index (χ3n) is 5.11. The summed E-state index contributed by atoms with van der Waals surface area (Å²) < 4.78 is 5.73. The van der Waals surface area contributed by atoms with E-state index >= 15 is 0 Å². The number of rotatable bonds is 5. The van der Waals surface area contributed by atoms with Gasteiger partial charge in [0.1, 0.15) is 10.6 Å². The highest BCUT2D eigenvalue weighted by Gasteiger charge is 2.62. The number of halogens is 2. The lowest BCUT2D eigenvalue weighted by atomic mass is 10.0. The van der Waals surface area contributed by atoms with Crippen LogP contribution in [0.5, 0.6) is 0 Å². The first-order valence-corrected chi connectivity index (χ1v) is 9.05. The Hall–Kier alpha value is -1.58. The number of ketones is 1. The van der Waals surface area contributed by atoms with Gasteiger partial charge in [0.25, 0.3) is 0 Å². The predicted molar refractivity (Wildman–Crippen MR) is 98.3 cm³/mol. The van der Waals surface area contributed by atoms with E-state index in [1.807, 2.05) is 44.2 Å². The van der Waals surface area contributed by atoms with E-state index in [1.54, 1.807) is 12.2 Å². The van der Waals surface area contributed by atoms with Gasteiger partial charge in [0.15, 0.2) is 5.78 Å². The summed E-state index contributed by atoms with van der Waals surface area (Å²) in [6.45, 7) is 3.96. The molecule has 0 spiro atoms. The van der Waals surface area contributed by atoms with Crippen molar-refractivity contribution in [3.05, 3.63) is 58.1 Å². The van der Waals surface area contributed by atoms with E-state index in [-0.39, 0.29) is 39.9 Å². The van der Waals surface area contributed by atoms with Crippen LogP contribution in [0.15, 0.2) is 52.5 Å². The maximum absolute atomic E-state index is 12.5. The predicted octanol–water partition coefficient (Wildman–Crippen LogP) is 4.63. The van der Waals surface area contributed by atoms with Crippen LogP contribution in [-0.2, 0) is 20.7 Å². The fraction of sp³-hybridized carbons (Fsp3) is 0.400. The molecule has 1 unspecified atom stereocenters. The van der Waals surface area contributed by atoms with Crippen LogP contribution < -0.4 is 0 Å². The van der Waals surface area contributed by atoms with Crippen molar-refractivity contribution < 1.29 is 14.3 Å². The topological polar surface area (TPSA) is 43.4 Å². The summed E-state index contributed by atoms with van der Waals surface area (Å²) in [5.74, 6) is -0.565. The molecule has 3 nitrogen and oxygen atoms in total. The Kier molecular flexibility index (Phi) is 5.08. The van der Waals surface area contributed by atoms with Gasteiger partial charge in [-0.25, -0.2) is 0 Å². The Morgan fingerprint density at radius 1 is 1.28 bits per heavy atom. The molecule has 1 fully saturated rings. The zero-order valence-electron chi connectivity index (χ0n) is 14.2. The molecule has 0 bridgehead atoms. The van der Waals surface area contributed by atoms with E-state index in [9.17, 15) is 9.59 Å². The molecular formula is C20H20Cl2O3. The SMILES string of the molecule is CC1(C)[C@H](C=C(Cl)Cl)[C@H]1C(=O)OC1C=C(Cc2ccccc2)C(=O)C1. The first-order chi connectivity index (χ1) is 11.8. The zero-order chi connectivity index (χ0) is 18.2. The Balaban J connectivity index is 1.63. The molecule has 0 saturated heterocycles. The number of hydrogen-bond donors (Lipinski definition) is 0. The molecule has 0 heterocycles. The largest absolute Gasteiger partial charge is 0.457 e. The third-order valence-corrected chi connectivity index (χ3v) is 5.36. The third kappa shape index (κ3) is 3.99. The molecule has 0 radical (unpaired) electrons. The molecule has 0 aliphatic heterocycles. The van der Waals surface area contributed by atoms with Gasteiger partial charge in [-0.1, -0.05) is 67.4 Å². The molecule has 1 aromatic carbocycles. The highest BCUT2D eigenvalue weighted by Crippen LogP contribution is 2.60. The monoisotopic (exact) mass is 378 g/mol. The van der Waals surface area contributed by atoms with Crippen molar-refractivity contribution in [2.24, 2.45) is 17.3 Å². The van der Waals surface area contributed by atoms with Crippen molar-refractivity contribution >= 4 is 35.0 Å². The molecule has 3 atom stereocenters. The van der Waals surface area contributed by atoms with Crippen molar-refractivity contribution in [1.29, 1.82) is 0 Å². The molecule has 0 aromatic heterocycles. The highest BCUT2D eigenvalue weighted by atomic mass is 35.5. The number of allylic oxidation sites excluding steroid dienone is 2. The van der Waals surface area contributed by atoms with Crippen molar-refractivity contribution in [3.63, 3.8) is 0 Å². The smallest absolute Gasteiger partial charge is 0.310 e. The molecule has 1 saturated carbocycles. The van der Waals surface area contributed by atoms with Crippen LogP contribution in [0.2, 0.25) is 0 Å². The van der Waals surface area contributed by atoms with Gasteiger partial charge in [-0.15, -0.1) is 0 Å². The Labute approximate surface area is 157 Å². The zero-order valence-corrected chi connectivity index (χ0v) is 15.7. The quantitative estimate of drug-likeness (QED) is 0.701. The number of Topliss-reactive ketones (excluding diaryl/α,β-unsaturated/α-hetero) is 1. The number of carbonyl (C=O) groups is 2. The fourth-order valence-electron chi connectivity index (χ4n) is 3.54. The second kappa shape index (κ2) is 6.97. The van der Waals surface area contributed by atoms with Crippen LogP contribution in [0.25, 0.3) is 0 Å². The first-order valence-electron chi connectivity index (χ1n) is 8.30. The molecule has 0 amide bonds. The lowest BCUT2D eigenvalue weighted by molar-refractivity contribution is -0.149. The normalized spacial score (nSPS) is 26.8. The molecule has 132 valence electrons. The highest BCUT2D eigenvalue weighted by molar-refractivity contribution is 6.55. The molecule has 0 N–H and O–H groups in total. The van der Waals surface area contributed by atoms with E-state index in [2.05, 4.69) is 0 Å². The average molecular weight is 379 g/mol. The lowest BCUT2D eigenvalue weighted by Gasteiger charge is -2.09. The van der Waals surface area contributed by atoms with E-state index in [0.29, 0.717) is 12.0 Å². The standard InChI is InChI=1S/C20H20Cl2O3/c1-20(2)15(11-17(21)22)18(20)19(24)25-14-9-13(16(23)10-14)8-12-6-4-3-5-7-12/h3-7,9,11,14-15,18H,8,10H2,1-2H3/t14?,15-,18+/m1/s1. The maximum Gasteiger partial charge on any atom is 0.310 e. The number of hydrogen-bond acceptors (Lipinski definition) is 3. The average Bonchev–Trinajstić information content (AvgIpc) is 2.88. The van der Waals surface area contributed by atoms with Gasteiger partial charge >= 0.3 is 5.97 Å². The van der Waals surface area contributed by atoms with E-state index in [0.717, 1.165) is 5.56 Å². The summed E-state index contributed by atoms with van der Waals surface area (Å²) in [7, 11) is 0. The maximum atomic E-state index is 12.5. The van der Waals surface area contributed by atoms with Crippen LogP contribution in [0, 0.1) is 17.3 Å². The molecule has 2 aliphatic carbocycles. The second-order valence-corrected chi connectivity index (χ2v) is 8.25. The van der Waals surface area contributed by atoms with Crippen LogP contribution in [0.3, 0.4) is 0 Å². The van der Waals surface area contributed by atoms with Crippen molar-refractivity contribution in [1.82, 2.24) is 0 Å². The fourth-order valence-corrected chi connectivity index (χ4v) is 3.81. The summed E-state index contributed by atoms with van der Waals surface area (Å²) in [6.07, 6.45) is 3.77. The summed E-state index contributed by atoms with van der Waals surface area (Å²) in [5, 5.41) is 0. The minimum absolute atomic E-state index is 0.0325. The molecule has 25 heavy (non-hydrogen) atoms. The van der Waals surface area contributed by atoms with Crippen molar-refractivity contribution in [2.45, 2.75) is 32.8 Å². The number of ether oxygens (including phenoxy) is 1. The molecule has 3 rings (SSSR count). The Morgan fingerprint density at radius 3 is 2.60 bits per heavy atom. The van der Waals surface area contributed by atoms with E-state index in [4.69, 9.17) is 27.9 Å². The summed E-state index contributed by atoms with van der Waals surface area (Å²) in [6, 6.07) is 9.78. The summed E-state index contributed by atoms with van der Waals surface area (Å²) in [4.78, 5) is 24.7. The first kappa shape index (κ1) is 18.2. The lowest BCUT2D eigenvalue weighted by Crippen LogP contribution is -2.18. The van der Waals surface area contributed by atoms with Gasteiger partial charge in [0, 0.05) is 6.42 Å². The van der Waals surface area contributed by atoms with Crippen molar-refractivity contribution in [2.75, 3.05) is 0 Å². The van der Waals surface area contributed by atoms with Crippen LogP contribution in [0.1, 0.15) is 25.8 Å². The molecular weight excluding hydrogens is 359 g/mol. The van der Waals surface area contributed by atoms with E-state index in [1.165, 1.54) is 0 Å². The summed E-state index contributed by atoms with van der Waals surface area (Å²) in [5.41, 5.74) is 1.55. The Bertz CT molecular complexity index is 745. The second-order valence-electron chi connectivity index (χ2n) is 7.24. The summed E-state index contributed by atoms with van der Waals surface area (Å²) >= 11 is 11.4. The van der Waals surface area contributed by atoms with Gasteiger partial charge in [-0.05, 0) is 34.6 Å². The minimum Gasteiger partial charge on any atom is -0.457 e. The van der Waals surface area contributed by atoms with Crippen LogP contribution in [-0.4, -0.2) is 17.9 Å². The molecule has 5 heteroatoms. The van der Waals surface area contributed by atoms with Gasteiger partial charge in [0.05, 0.1) is 12.3 Å². The minimum atomic E-state index is -0.480. The molecule has 1 aromatic rings. The van der Waals surface area contributed by atoms with E-state index < -0.39 is 6.10 Å². The molecule has 2 aliphatic rings.